The molecule has 88 valence electrons. The molecule has 0 spiro atoms. The van der Waals surface area contributed by atoms with Crippen molar-refractivity contribution < 1.29 is 4.39 Å². The quantitative estimate of drug-likeness (QED) is 0.770. The van der Waals surface area contributed by atoms with Gasteiger partial charge in [0.05, 0.1) is 5.69 Å². The lowest BCUT2D eigenvalue weighted by Gasteiger charge is -2.13. The Balaban J connectivity index is 2.16. The number of para-hydroxylation sites is 2. The summed E-state index contributed by atoms with van der Waals surface area (Å²) in [5.41, 5.74) is 6.99. The van der Waals surface area contributed by atoms with E-state index < -0.39 is 0 Å². The topological polar surface area (TPSA) is 24.1 Å². The summed E-state index contributed by atoms with van der Waals surface area (Å²) in [5, 5.41) is 0. The maximum Gasteiger partial charge on any atom is 0.149 e. The fourth-order valence-electron chi connectivity index (χ4n) is 1.31. The Hall–Kier alpha value is -1.07. The summed E-state index contributed by atoms with van der Waals surface area (Å²) in [7, 11) is 0. The second-order valence-electron chi connectivity index (χ2n) is 3.33. The van der Waals surface area contributed by atoms with E-state index in [1.54, 1.807) is 12.1 Å². The van der Waals surface area contributed by atoms with Gasteiger partial charge in [0.15, 0.2) is 0 Å². The van der Waals surface area contributed by atoms with E-state index in [0.29, 0.717) is 10.2 Å². The van der Waals surface area contributed by atoms with Gasteiger partial charge in [-0.15, -0.1) is 0 Å². The molecule has 0 aliphatic rings. The Bertz CT molecular complexity index is 511. The van der Waals surface area contributed by atoms with Crippen LogP contribution in [0.1, 0.15) is 0 Å². The van der Waals surface area contributed by atoms with Gasteiger partial charge in [0.1, 0.15) is 11.5 Å². The first-order chi connectivity index (χ1) is 8.18. The number of nitrogens with one attached hydrogen (secondary N) is 2. The smallest absolute Gasteiger partial charge is 0.149 e. The highest BCUT2D eigenvalue weighted by Gasteiger charge is 2.05. The van der Waals surface area contributed by atoms with Gasteiger partial charge in [-0.1, -0.05) is 18.2 Å². The maximum absolute atomic E-state index is 13.5. The van der Waals surface area contributed by atoms with Gasteiger partial charge in [-0.2, -0.15) is 0 Å². The van der Waals surface area contributed by atoms with Crippen molar-refractivity contribution in [1.29, 1.82) is 0 Å². The molecule has 5 heteroatoms. The molecule has 0 saturated carbocycles. The predicted molar refractivity (Wildman–Crippen MR) is 75.5 cm³/mol. The van der Waals surface area contributed by atoms with Crippen LogP contribution in [0.25, 0.3) is 0 Å². The van der Waals surface area contributed by atoms with Gasteiger partial charge in [0.25, 0.3) is 0 Å². The Kier molecular flexibility index (Phi) is 4.02. The molecule has 0 heterocycles. The Morgan fingerprint density at radius 3 is 2.24 bits per heavy atom. The summed E-state index contributed by atoms with van der Waals surface area (Å²) < 4.78 is 15.1. The zero-order valence-corrected chi connectivity index (χ0v) is 11.8. The average Bonchev–Trinajstić information content (AvgIpc) is 2.30. The van der Waals surface area contributed by atoms with Gasteiger partial charge in [0, 0.05) is 8.95 Å². The minimum atomic E-state index is -0.320. The van der Waals surface area contributed by atoms with Crippen LogP contribution in [0.2, 0.25) is 0 Å². The highest BCUT2D eigenvalue weighted by molar-refractivity contribution is 9.11. The van der Waals surface area contributed by atoms with E-state index >= 15 is 0 Å². The van der Waals surface area contributed by atoms with Crippen LogP contribution in [0.15, 0.2) is 51.4 Å². The molecule has 0 saturated heterocycles. The molecule has 17 heavy (non-hydrogen) atoms. The molecule has 0 fully saturated rings. The minimum absolute atomic E-state index is 0.320. The first-order valence-electron chi connectivity index (χ1n) is 4.89. The van der Waals surface area contributed by atoms with Crippen LogP contribution < -0.4 is 10.9 Å². The second-order valence-corrected chi connectivity index (χ2v) is 5.04. The highest BCUT2D eigenvalue weighted by Crippen LogP contribution is 2.26. The standard InChI is InChI=1S/C12H9Br2FN2/c13-8-4-1-2-7-11(8)16-17-12-9(14)5-3-6-10(12)15/h1-7,16-17H. The van der Waals surface area contributed by atoms with Crippen LogP contribution in [-0.2, 0) is 0 Å². The van der Waals surface area contributed by atoms with Crippen molar-refractivity contribution in [1.82, 2.24) is 0 Å². The fraction of sp³-hybridized carbons (Fsp3) is 0. The third-order valence-corrected chi connectivity index (χ3v) is 3.51. The Labute approximate surface area is 115 Å². The summed E-state index contributed by atoms with van der Waals surface area (Å²) >= 11 is 6.68. The number of benzene rings is 2. The molecular formula is C12H9Br2FN2. The van der Waals surface area contributed by atoms with E-state index in [9.17, 15) is 4.39 Å². The molecule has 2 nitrogen and oxygen atoms in total. The molecule has 0 amide bonds. The van der Waals surface area contributed by atoms with Gasteiger partial charge < -0.3 is 0 Å². The van der Waals surface area contributed by atoms with Crippen molar-refractivity contribution in [2.75, 3.05) is 10.9 Å². The van der Waals surface area contributed by atoms with Gasteiger partial charge >= 0.3 is 0 Å². The summed E-state index contributed by atoms with van der Waals surface area (Å²) in [5.74, 6) is -0.320. The molecule has 0 aromatic heterocycles. The van der Waals surface area contributed by atoms with E-state index in [1.165, 1.54) is 6.07 Å². The molecule has 2 N–H and O–H groups in total. The van der Waals surface area contributed by atoms with Crippen LogP contribution >= 0.6 is 31.9 Å². The van der Waals surface area contributed by atoms with Crippen LogP contribution in [0, 0.1) is 5.82 Å². The van der Waals surface area contributed by atoms with E-state index in [4.69, 9.17) is 0 Å². The number of anilines is 2. The van der Waals surface area contributed by atoms with Crippen LogP contribution in [0.4, 0.5) is 15.8 Å². The zero-order valence-electron chi connectivity index (χ0n) is 8.68. The first-order valence-corrected chi connectivity index (χ1v) is 6.47. The Morgan fingerprint density at radius 1 is 0.824 bits per heavy atom. The van der Waals surface area contributed by atoms with Crippen molar-refractivity contribution in [2.24, 2.45) is 0 Å². The summed E-state index contributed by atoms with van der Waals surface area (Å²) in [6.45, 7) is 0. The average molecular weight is 360 g/mol. The number of hydrogen-bond acceptors (Lipinski definition) is 2. The molecule has 0 aliphatic carbocycles. The molecule has 0 atom stereocenters. The highest BCUT2D eigenvalue weighted by atomic mass is 79.9. The molecule has 2 rings (SSSR count). The lowest BCUT2D eigenvalue weighted by molar-refractivity contribution is 0.630. The van der Waals surface area contributed by atoms with E-state index in [-0.39, 0.29) is 5.82 Å². The second kappa shape index (κ2) is 5.51. The monoisotopic (exact) mass is 358 g/mol. The minimum Gasteiger partial charge on any atom is -0.300 e. The summed E-state index contributed by atoms with van der Waals surface area (Å²) in [6, 6.07) is 12.4. The largest absolute Gasteiger partial charge is 0.300 e. The lowest BCUT2D eigenvalue weighted by Crippen LogP contribution is -2.10. The summed E-state index contributed by atoms with van der Waals surface area (Å²) in [6.07, 6.45) is 0. The van der Waals surface area contributed by atoms with Crippen LogP contribution in [-0.4, -0.2) is 0 Å². The number of hydrogen-bond donors (Lipinski definition) is 2. The van der Waals surface area contributed by atoms with Crippen molar-refractivity contribution in [3.63, 3.8) is 0 Å². The normalized spacial score (nSPS) is 10.1. The molecule has 0 aliphatic heterocycles. The SMILES string of the molecule is Fc1cccc(Br)c1NNc1ccccc1Br. The van der Waals surface area contributed by atoms with E-state index in [1.807, 2.05) is 24.3 Å². The zero-order chi connectivity index (χ0) is 12.3. The third-order valence-electron chi connectivity index (χ3n) is 2.16. The number of rotatable bonds is 3. The molecule has 0 radical (unpaired) electrons. The van der Waals surface area contributed by atoms with Crippen molar-refractivity contribution in [2.45, 2.75) is 0 Å². The van der Waals surface area contributed by atoms with Gasteiger partial charge in [0.2, 0.25) is 0 Å². The Morgan fingerprint density at radius 2 is 1.53 bits per heavy atom. The van der Waals surface area contributed by atoms with Gasteiger partial charge in [-0.3, -0.25) is 10.9 Å². The van der Waals surface area contributed by atoms with Crippen LogP contribution in [0.3, 0.4) is 0 Å². The molecule has 0 unspecified atom stereocenters. The van der Waals surface area contributed by atoms with E-state index in [0.717, 1.165) is 10.2 Å². The van der Waals surface area contributed by atoms with Crippen molar-refractivity contribution >= 4 is 43.2 Å². The number of halogens is 3. The fourth-order valence-corrected chi connectivity index (χ4v) is 2.13. The van der Waals surface area contributed by atoms with Gasteiger partial charge in [-0.05, 0) is 56.1 Å². The van der Waals surface area contributed by atoms with Crippen LogP contribution in [0.5, 0.6) is 0 Å². The van der Waals surface area contributed by atoms with Gasteiger partial charge in [-0.25, -0.2) is 4.39 Å². The molecule has 2 aromatic rings. The molecular weight excluding hydrogens is 351 g/mol. The van der Waals surface area contributed by atoms with Crippen molar-refractivity contribution in [3.05, 3.63) is 57.2 Å². The van der Waals surface area contributed by atoms with E-state index in [2.05, 4.69) is 42.7 Å². The van der Waals surface area contributed by atoms with Crippen molar-refractivity contribution in [3.8, 4) is 0 Å². The number of hydrazine groups is 1. The molecule has 2 aromatic carbocycles. The summed E-state index contributed by atoms with van der Waals surface area (Å²) in [4.78, 5) is 0. The third kappa shape index (κ3) is 2.98. The lowest BCUT2D eigenvalue weighted by atomic mass is 10.3. The molecule has 0 bridgehead atoms. The first kappa shape index (κ1) is 12.4. The predicted octanol–water partition coefficient (Wildman–Crippen LogP) is 4.79. The maximum atomic E-state index is 13.5.